The minimum Gasteiger partial charge on any atom is -0.497 e. The van der Waals surface area contributed by atoms with E-state index >= 15 is 0 Å². The number of carbonyl (C=O) groups is 1. The summed E-state index contributed by atoms with van der Waals surface area (Å²) in [5, 5.41) is 10.3. The maximum atomic E-state index is 11.8. The second-order valence-corrected chi connectivity index (χ2v) is 7.38. The van der Waals surface area contributed by atoms with Crippen molar-refractivity contribution in [2.24, 2.45) is 4.99 Å². The summed E-state index contributed by atoms with van der Waals surface area (Å²) < 4.78 is 6.25. The lowest BCUT2D eigenvalue weighted by atomic mass is 10.0. The molecule has 28 heavy (non-hydrogen) atoms. The Morgan fingerprint density at radius 1 is 1.04 bits per heavy atom. The van der Waals surface area contributed by atoms with E-state index in [0.29, 0.717) is 16.4 Å². The molecule has 1 aromatic heterocycles. The van der Waals surface area contributed by atoms with Gasteiger partial charge in [0, 0.05) is 11.1 Å². The predicted molar refractivity (Wildman–Crippen MR) is 110 cm³/mol. The van der Waals surface area contributed by atoms with Crippen molar-refractivity contribution in [2.45, 2.75) is 0 Å². The molecule has 1 aliphatic rings. The lowest BCUT2D eigenvalue weighted by molar-refractivity contribution is 0.0697. The summed E-state index contributed by atoms with van der Waals surface area (Å²) in [5.74, 6) is -0.202. The van der Waals surface area contributed by atoms with Gasteiger partial charge in [0.25, 0.3) is 0 Å². The standard InChI is InChI=1S/C22H14N2O3S/c1-27-12-9-10-17-18(11-12)28-22(23-17)24-20-15-6-3-2-5-13(15)14-7-4-8-16(19(14)20)21(25)26/h2-11H,1H3,(H,25,26). The van der Waals surface area contributed by atoms with Crippen LogP contribution in [0.3, 0.4) is 0 Å². The zero-order valence-electron chi connectivity index (χ0n) is 14.8. The van der Waals surface area contributed by atoms with Crippen LogP contribution in [-0.2, 0) is 0 Å². The molecule has 0 spiro atoms. The fourth-order valence-electron chi connectivity index (χ4n) is 3.55. The van der Waals surface area contributed by atoms with Crippen LogP contribution in [0.4, 0.5) is 5.13 Å². The van der Waals surface area contributed by atoms with Crippen molar-refractivity contribution in [3.8, 4) is 16.9 Å². The van der Waals surface area contributed by atoms with Crippen molar-refractivity contribution in [3.63, 3.8) is 0 Å². The fraction of sp³-hybridized carbons (Fsp3) is 0.0455. The van der Waals surface area contributed by atoms with Crippen LogP contribution in [0, 0.1) is 0 Å². The van der Waals surface area contributed by atoms with Gasteiger partial charge in [0.1, 0.15) is 5.75 Å². The number of ether oxygens (including phenoxy) is 1. The first-order chi connectivity index (χ1) is 13.7. The van der Waals surface area contributed by atoms with Crippen molar-refractivity contribution < 1.29 is 14.6 Å². The number of aromatic nitrogens is 1. The summed E-state index contributed by atoms with van der Waals surface area (Å²) in [6.45, 7) is 0. The van der Waals surface area contributed by atoms with Crippen LogP contribution >= 0.6 is 11.3 Å². The highest BCUT2D eigenvalue weighted by molar-refractivity contribution is 7.22. The molecule has 0 atom stereocenters. The molecular formula is C22H14N2O3S. The number of rotatable bonds is 3. The van der Waals surface area contributed by atoms with Crippen molar-refractivity contribution in [3.05, 3.63) is 77.4 Å². The van der Waals surface area contributed by atoms with Gasteiger partial charge in [0.2, 0.25) is 5.13 Å². The number of fused-ring (bicyclic) bond motifs is 4. The Labute approximate surface area is 164 Å². The van der Waals surface area contributed by atoms with Gasteiger partial charge in [-0.1, -0.05) is 47.7 Å². The molecule has 0 amide bonds. The van der Waals surface area contributed by atoms with Crippen molar-refractivity contribution in [1.29, 1.82) is 0 Å². The number of nitrogens with zero attached hydrogens (tertiary/aromatic N) is 2. The summed E-state index contributed by atoms with van der Waals surface area (Å²) in [7, 11) is 1.63. The normalized spacial score (nSPS) is 13.5. The molecule has 1 heterocycles. The van der Waals surface area contributed by atoms with Gasteiger partial charge in [0.05, 0.1) is 28.6 Å². The molecule has 0 unspecified atom stereocenters. The SMILES string of the molecule is COc1ccc2nc(N=C3c4ccccc4-c4cccc(C(=O)O)c43)sc2c1. The molecule has 0 aliphatic heterocycles. The quantitative estimate of drug-likeness (QED) is 0.465. The zero-order valence-corrected chi connectivity index (χ0v) is 15.7. The van der Waals surface area contributed by atoms with Crippen molar-refractivity contribution in [1.82, 2.24) is 4.98 Å². The summed E-state index contributed by atoms with van der Waals surface area (Å²) in [4.78, 5) is 21.2. The van der Waals surface area contributed by atoms with E-state index in [1.807, 2.05) is 48.5 Å². The Kier molecular flexibility index (Phi) is 3.74. The van der Waals surface area contributed by atoms with Gasteiger partial charge in [-0.2, -0.15) is 0 Å². The monoisotopic (exact) mass is 386 g/mol. The first-order valence-corrected chi connectivity index (χ1v) is 9.47. The van der Waals surface area contributed by atoms with Crippen LogP contribution in [0.15, 0.2) is 65.7 Å². The summed E-state index contributed by atoms with van der Waals surface area (Å²) >= 11 is 1.45. The van der Waals surface area contributed by atoms with Gasteiger partial charge >= 0.3 is 5.97 Å². The Bertz CT molecular complexity index is 1290. The molecule has 6 heteroatoms. The van der Waals surface area contributed by atoms with E-state index < -0.39 is 5.97 Å². The van der Waals surface area contributed by atoms with Gasteiger partial charge < -0.3 is 9.84 Å². The Balaban J connectivity index is 1.75. The van der Waals surface area contributed by atoms with Gasteiger partial charge in [-0.3, -0.25) is 0 Å². The molecule has 1 aliphatic carbocycles. The van der Waals surface area contributed by atoms with Crippen LogP contribution in [-0.4, -0.2) is 28.9 Å². The Hall–Kier alpha value is -3.51. The number of hydrogen-bond donors (Lipinski definition) is 1. The molecule has 0 saturated carbocycles. The van der Waals surface area contributed by atoms with Crippen molar-refractivity contribution >= 4 is 38.4 Å². The van der Waals surface area contributed by atoms with E-state index in [9.17, 15) is 9.90 Å². The largest absolute Gasteiger partial charge is 0.497 e. The molecule has 1 N–H and O–H groups in total. The summed E-state index contributed by atoms with van der Waals surface area (Å²) in [6, 6.07) is 18.9. The Morgan fingerprint density at radius 3 is 2.61 bits per heavy atom. The highest BCUT2D eigenvalue weighted by Crippen LogP contribution is 2.40. The molecule has 136 valence electrons. The molecule has 0 fully saturated rings. The average molecular weight is 386 g/mol. The lowest BCUT2D eigenvalue weighted by Gasteiger charge is -2.05. The third-order valence-corrected chi connectivity index (χ3v) is 5.71. The predicted octanol–water partition coefficient (Wildman–Crippen LogP) is 5.15. The minimum atomic E-state index is -0.966. The molecule has 0 radical (unpaired) electrons. The van der Waals surface area contributed by atoms with E-state index in [0.717, 1.165) is 32.7 Å². The van der Waals surface area contributed by atoms with Crippen molar-refractivity contribution in [2.75, 3.05) is 7.11 Å². The van der Waals surface area contributed by atoms with E-state index in [1.165, 1.54) is 11.3 Å². The topological polar surface area (TPSA) is 71.8 Å². The molecular weight excluding hydrogens is 372 g/mol. The maximum absolute atomic E-state index is 11.8. The number of aliphatic imine (C=N–C) groups is 1. The first kappa shape index (κ1) is 16.6. The molecule has 0 bridgehead atoms. The van der Waals surface area contributed by atoms with Gasteiger partial charge in [-0.15, -0.1) is 0 Å². The zero-order chi connectivity index (χ0) is 19.3. The van der Waals surface area contributed by atoms with Gasteiger partial charge in [-0.25, -0.2) is 14.8 Å². The molecule has 3 aromatic carbocycles. The van der Waals surface area contributed by atoms with E-state index in [-0.39, 0.29) is 5.56 Å². The van der Waals surface area contributed by atoms with E-state index in [4.69, 9.17) is 9.73 Å². The number of aromatic carboxylic acids is 1. The third kappa shape index (κ3) is 2.50. The lowest BCUT2D eigenvalue weighted by Crippen LogP contribution is -2.07. The number of hydrogen-bond acceptors (Lipinski definition) is 5. The number of carboxylic acid groups (broad SMARTS) is 1. The van der Waals surface area contributed by atoms with Crippen LogP contribution in [0.25, 0.3) is 21.3 Å². The minimum absolute atomic E-state index is 0.246. The second kappa shape index (κ2) is 6.28. The molecule has 4 aromatic rings. The molecule has 5 rings (SSSR count). The van der Waals surface area contributed by atoms with Gasteiger partial charge in [-0.05, 0) is 35.4 Å². The maximum Gasteiger partial charge on any atom is 0.336 e. The highest BCUT2D eigenvalue weighted by atomic mass is 32.1. The first-order valence-electron chi connectivity index (χ1n) is 8.65. The van der Waals surface area contributed by atoms with E-state index in [2.05, 4.69) is 4.98 Å². The number of benzene rings is 3. The fourth-order valence-corrected chi connectivity index (χ4v) is 4.42. The van der Waals surface area contributed by atoms with E-state index in [1.54, 1.807) is 19.2 Å². The average Bonchev–Trinajstić information content (AvgIpc) is 3.26. The molecule has 0 saturated heterocycles. The smallest absolute Gasteiger partial charge is 0.336 e. The number of methoxy groups -OCH3 is 1. The van der Waals surface area contributed by atoms with Gasteiger partial charge in [0.15, 0.2) is 0 Å². The van der Waals surface area contributed by atoms with Crippen LogP contribution in [0.2, 0.25) is 0 Å². The van der Waals surface area contributed by atoms with Crippen LogP contribution < -0.4 is 4.74 Å². The second-order valence-electron chi connectivity index (χ2n) is 6.37. The highest BCUT2D eigenvalue weighted by Gasteiger charge is 2.29. The summed E-state index contributed by atoms with van der Waals surface area (Å²) in [5.41, 5.74) is 5.17. The van der Waals surface area contributed by atoms with Crippen LogP contribution in [0.1, 0.15) is 21.5 Å². The summed E-state index contributed by atoms with van der Waals surface area (Å²) in [6.07, 6.45) is 0. The number of carboxylic acids is 1. The number of thiazole rings is 1. The van der Waals surface area contributed by atoms with Crippen LogP contribution in [0.5, 0.6) is 5.75 Å². The third-order valence-electron chi connectivity index (χ3n) is 4.80. The molecule has 5 nitrogen and oxygen atoms in total. The Morgan fingerprint density at radius 2 is 1.82 bits per heavy atom.